The third-order valence-electron chi connectivity index (χ3n) is 4.84. The molecule has 3 heteroatoms. The van der Waals surface area contributed by atoms with Gasteiger partial charge in [-0.25, -0.2) is 0 Å². The fraction of sp³-hybridized carbons (Fsp3) is 1.00. The van der Waals surface area contributed by atoms with Gasteiger partial charge in [-0.1, -0.05) is 13.8 Å². The predicted octanol–water partition coefficient (Wildman–Crippen LogP) is 2.73. The molecule has 1 saturated heterocycles. The van der Waals surface area contributed by atoms with Crippen LogP contribution in [0.15, 0.2) is 0 Å². The quantitative estimate of drug-likeness (QED) is 0.840. The molecular formula is C15H29NO2. The van der Waals surface area contributed by atoms with E-state index in [9.17, 15) is 0 Å². The Labute approximate surface area is 111 Å². The average Bonchev–Trinajstić information content (AvgIpc) is 2.40. The maximum absolute atomic E-state index is 6.39. The van der Waals surface area contributed by atoms with Crippen molar-refractivity contribution in [3.05, 3.63) is 0 Å². The van der Waals surface area contributed by atoms with Crippen molar-refractivity contribution in [3.63, 3.8) is 0 Å². The summed E-state index contributed by atoms with van der Waals surface area (Å²) in [5, 5.41) is 0. The van der Waals surface area contributed by atoms with Crippen LogP contribution in [0.5, 0.6) is 0 Å². The van der Waals surface area contributed by atoms with Crippen LogP contribution in [0.4, 0.5) is 0 Å². The van der Waals surface area contributed by atoms with Crippen LogP contribution < -0.4 is 5.73 Å². The topological polar surface area (TPSA) is 44.5 Å². The molecule has 0 spiro atoms. The molecular weight excluding hydrogens is 226 g/mol. The summed E-state index contributed by atoms with van der Waals surface area (Å²) in [6, 6.07) is 0. The molecule has 1 aliphatic heterocycles. The lowest BCUT2D eigenvalue weighted by Crippen LogP contribution is -2.47. The Bertz CT molecular complexity index is 241. The number of hydrogen-bond acceptors (Lipinski definition) is 3. The number of rotatable bonds is 4. The highest BCUT2D eigenvalue weighted by atomic mass is 16.5. The van der Waals surface area contributed by atoms with Gasteiger partial charge in [0.25, 0.3) is 0 Å². The Hall–Kier alpha value is -0.120. The molecule has 2 N–H and O–H groups in total. The first-order valence-electron chi connectivity index (χ1n) is 7.61. The minimum atomic E-state index is -0.0343. The summed E-state index contributed by atoms with van der Waals surface area (Å²) in [4.78, 5) is 0. The van der Waals surface area contributed by atoms with Crippen LogP contribution in [0.1, 0.15) is 52.4 Å². The third-order valence-corrected chi connectivity index (χ3v) is 4.84. The summed E-state index contributed by atoms with van der Waals surface area (Å²) in [6.07, 6.45) is 7.28. The van der Waals surface area contributed by atoms with E-state index in [4.69, 9.17) is 15.2 Å². The molecule has 1 saturated carbocycles. The van der Waals surface area contributed by atoms with Crippen molar-refractivity contribution >= 4 is 0 Å². The third kappa shape index (κ3) is 3.46. The van der Waals surface area contributed by atoms with Gasteiger partial charge < -0.3 is 15.2 Å². The Balaban J connectivity index is 1.87. The van der Waals surface area contributed by atoms with Gasteiger partial charge >= 0.3 is 0 Å². The zero-order chi connectivity index (χ0) is 13.0. The van der Waals surface area contributed by atoms with Crippen LogP contribution >= 0.6 is 0 Å². The first-order valence-corrected chi connectivity index (χ1v) is 7.61. The number of ether oxygens (including phenoxy) is 2. The summed E-state index contributed by atoms with van der Waals surface area (Å²) in [5.41, 5.74) is 5.99. The second-order valence-electron chi connectivity index (χ2n) is 6.40. The normalized spacial score (nSPS) is 35.0. The van der Waals surface area contributed by atoms with E-state index in [1.807, 2.05) is 0 Å². The zero-order valence-electron chi connectivity index (χ0n) is 12.0. The number of nitrogens with two attached hydrogens (primary N) is 1. The lowest BCUT2D eigenvalue weighted by atomic mass is 9.74. The largest absolute Gasteiger partial charge is 0.381 e. The van der Waals surface area contributed by atoms with Crippen LogP contribution in [0, 0.1) is 11.8 Å². The van der Waals surface area contributed by atoms with Crippen molar-refractivity contribution in [2.45, 2.75) is 64.1 Å². The molecule has 106 valence electrons. The first-order chi connectivity index (χ1) is 8.65. The second kappa shape index (κ2) is 6.36. The maximum atomic E-state index is 6.39. The highest BCUT2D eigenvalue weighted by Gasteiger charge is 2.38. The van der Waals surface area contributed by atoms with Gasteiger partial charge in [0.05, 0.1) is 11.7 Å². The van der Waals surface area contributed by atoms with Gasteiger partial charge in [-0.3, -0.25) is 0 Å². The molecule has 1 heterocycles. The van der Waals surface area contributed by atoms with Crippen LogP contribution in [0.25, 0.3) is 0 Å². The smallest absolute Gasteiger partial charge is 0.0808 e. The highest BCUT2D eigenvalue weighted by Crippen LogP contribution is 2.39. The van der Waals surface area contributed by atoms with E-state index in [0.29, 0.717) is 12.6 Å². The molecule has 0 unspecified atom stereocenters. The van der Waals surface area contributed by atoms with Gasteiger partial charge in [-0.2, -0.15) is 0 Å². The predicted molar refractivity (Wildman–Crippen MR) is 73.5 cm³/mol. The van der Waals surface area contributed by atoms with Crippen LogP contribution in [-0.2, 0) is 9.47 Å². The van der Waals surface area contributed by atoms with E-state index in [0.717, 1.165) is 50.7 Å². The summed E-state index contributed by atoms with van der Waals surface area (Å²) < 4.78 is 11.8. The molecule has 0 aromatic heterocycles. The fourth-order valence-corrected chi connectivity index (χ4v) is 3.35. The molecule has 1 aliphatic carbocycles. The first kappa shape index (κ1) is 14.3. The Morgan fingerprint density at radius 3 is 2.28 bits per heavy atom. The SMILES string of the molecule is CC(C)C1CCC(CN)(OC2CCOCC2)CC1. The van der Waals surface area contributed by atoms with E-state index in [1.165, 1.54) is 12.8 Å². The molecule has 3 nitrogen and oxygen atoms in total. The molecule has 0 atom stereocenters. The lowest BCUT2D eigenvalue weighted by Gasteiger charge is -2.43. The van der Waals surface area contributed by atoms with Crippen molar-refractivity contribution < 1.29 is 9.47 Å². The van der Waals surface area contributed by atoms with Gasteiger partial charge in [0.1, 0.15) is 0 Å². The molecule has 2 fully saturated rings. The summed E-state index contributed by atoms with van der Waals surface area (Å²) in [5.74, 6) is 1.66. The molecule has 2 aliphatic rings. The van der Waals surface area contributed by atoms with Crippen molar-refractivity contribution in [1.29, 1.82) is 0 Å². The Morgan fingerprint density at radius 2 is 1.78 bits per heavy atom. The average molecular weight is 255 g/mol. The van der Waals surface area contributed by atoms with Gasteiger partial charge in [0, 0.05) is 19.8 Å². The van der Waals surface area contributed by atoms with E-state index in [-0.39, 0.29) is 5.60 Å². The van der Waals surface area contributed by atoms with E-state index >= 15 is 0 Å². The molecule has 0 aromatic carbocycles. The Kier molecular flexibility index (Phi) is 5.05. The van der Waals surface area contributed by atoms with E-state index < -0.39 is 0 Å². The molecule has 0 bridgehead atoms. The second-order valence-corrected chi connectivity index (χ2v) is 6.40. The van der Waals surface area contributed by atoms with Crippen LogP contribution in [0.3, 0.4) is 0 Å². The van der Waals surface area contributed by atoms with Gasteiger partial charge in [0.2, 0.25) is 0 Å². The monoisotopic (exact) mass is 255 g/mol. The summed E-state index contributed by atoms with van der Waals surface area (Å²) >= 11 is 0. The minimum absolute atomic E-state index is 0.0343. The van der Waals surface area contributed by atoms with Crippen molar-refractivity contribution in [2.24, 2.45) is 17.6 Å². The molecule has 0 aromatic rings. The number of hydrogen-bond donors (Lipinski definition) is 1. The molecule has 0 radical (unpaired) electrons. The van der Waals surface area contributed by atoms with E-state index in [1.54, 1.807) is 0 Å². The molecule has 0 amide bonds. The highest BCUT2D eigenvalue weighted by molar-refractivity contribution is 4.90. The standard InChI is InChI=1S/C15H29NO2/c1-12(2)13-3-7-15(11-16,8-4-13)18-14-5-9-17-10-6-14/h12-14H,3-11,16H2,1-2H3. The summed E-state index contributed by atoms with van der Waals surface area (Å²) in [7, 11) is 0. The van der Waals surface area contributed by atoms with Gasteiger partial charge in [-0.05, 0) is 50.4 Å². The fourth-order valence-electron chi connectivity index (χ4n) is 3.35. The zero-order valence-corrected chi connectivity index (χ0v) is 12.0. The minimum Gasteiger partial charge on any atom is -0.381 e. The maximum Gasteiger partial charge on any atom is 0.0808 e. The van der Waals surface area contributed by atoms with E-state index in [2.05, 4.69) is 13.8 Å². The van der Waals surface area contributed by atoms with Crippen molar-refractivity contribution in [3.8, 4) is 0 Å². The summed E-state index contributed by atoms with van der Waals surface area (Å²) in [6.45, 7) is 7.04. The Morgan fingerprint density at radius 1 is 1.17 bits per heavy atom. The van der Waals surface area contributed by atoms with Crippen molar-refractivity contribution in [2.75, 3.05) is 19.8 Å². The lowest BCUT2D eigenvalue weighted by molar-refractivity contribution is -0.141. The van der Waals surface area contributed by atoms with Gasteiger partial charge in [0.15, 0.2) is 0 Å². The van der Waals surface area contributed by atoms with Crippen LogP contribution in [-0.4, -0.2) is 31.5 Å². The van der Waals surface area contributed by atoms with Crippen LogP contribution in [0.2, 0.25) is 0 Å². The molecule has 2 rings (SSSR count). The van der Waals surface area contributed by atoms with Crippen molar-refractivity contribution in [1.82, 2.24) is 0 Å². The molecule has 18 heavy (non-hydrogen) atoms. The van der Waals surface area contributed by atoms with Gasteiger partial charge in [-0.15, -0.1) is 0 Å².